The molecule has 4 heteroatoms. The first-order valence-electron chi connectivity index (χ1n) is 5.97. The van der Waals surface area contributed by atoms with Gasteiger partial charge in [0.2, 0.25) is 0 Å². The van der Waals surface area contributed by atoms with E-state index in [0.717, 1.165) is 16.7 Å². The summed E-state index contributed by atoms with van der Waals surface area (Å²) in [6.45, 7) is 5.15. The maximum absolute atomic E-state index is 11.8. The second-order valence-corrected chi connectivity index (χ2v) is 4.26. The predicted octanol–water partition coefficient (Wildman–Crippen LogP) is 1.75. The lowest BCUT2D eigenvalue weighted by atomic mass is 9.99. The van der Waals surface area contributed by atoms with Crippen molar-refractivity contribution < 1.29 is 14.3 Å². The number of ether oxygens (including phenoxy) is 2. The number of hydrogen-bond donors (Lipinski definition) is 1. The van der Waals surface area contributed by atoms with Gasteiger partial charge in [-0.3, -0.25) is 5.32 Å². The SMILES string of the molecule is COCCNC(C(=O)OC)c1cc(C)ccc1C. The van der Waals surface area contributed by atoms with Crippen LogP contribution in [-0.2, 0) is 14.3 Å². The first kappa shape index (κ1) is 14.7. The fraction of sp³-hybridized carbons (Fsp3) is 0.500. The minimum Gasteiger partial charge on any atom is -0.468 e. The Labute approximate surface area is 108 Å². The van der Waals surface area contributed by atoms with Crippen LogP contribution in [0.4, 0.5) is 0 Å². The molecule has 0 aliphatic heterocycles. The molecular weight excluding hydrogens is 230 g/mol. The van der Waals surface area contributed by atoms with Crippen LogP contribution in [0.5, 0.6) is 0 Å². The fourth-order valence-corrected chi connectivity index (χ4v) is 1.81. The van der Waals surface area contributed by atoms with Gasteiger partial charge in [-0.05, 0) is 25.0 Å². The van der Waals surface area contributed by atoms with Crippen molar-refractivity contribution >= 4 is 5.97 Å². The fourth-order valence-electron chi connectivity index (χ4n) is 1.81. The summed E-state index contributed by atoms with van der Waals surface area (Å²) in [5.74, 6) is -0.278. The van der Waals surface area contributed by atoms with Gasteiger partial charge in [-0.2, -0.15) is 0 Å². The standard InChI is InChI=1S/C14H21NO3/c1-10-5-6-11(2)12(9-10)13(14(16)18-4)15-7-8-17-3/h5-6,9,13,15H,7-8H2,1-4H3. The lowest BCUT2D eigenvalue weighted by molar-refractivity contribution is -0.143. The Morgan fingerprint density at radius 1 is 1.33 bits per heavy atom. The van der Waals surface area contributed by atoms with E-state index in [1.807, 2.05) is 32.0 Å². The molecule has 0 saturated carbocycles. The van der Waals surface area contributed by atoms with Crippen LogP contribution >= 0.6 is 0 Å². The number of nitrogens with one attached hydrogen (secondary N) is 1. The van der Waals surface area contributed by atoms with Gasteiger partial charge in [0.25, 0.3) is 0 Å². The lowest BCUT2D eigenvalue weighted by Gasteiger charge is -2.19. The van der Waals surface area contributed by atoms with E-state index < -0.39 is 6.04 Å². The summed E-state index contributed by atoms with van der Waals surface area (Å²) in [5.41, 5.74) is 3.15. The molecule has 1 rings (SSSR count). The van der Waals surface area contributed by atoms with E-state index in [-0.39, 0.29) is 5.97 Å². The highest BCUT2D eigenvalue weighted by Gasteiger charge is 2.22. The number of methoxy groups -OCH3 is 2. The monoisotopic (exact) mass is 251 g/mol. The highest BCUT2D eigenvalue weighted by Crippen LogP contribution is 2.20. The molecule has 18 heavy (non-hydrogen) atoms. The van der Waals surface area contributed by atoms with Gasteiger partial charge in [0.15, 0.2) is 0 Å². The molecular formula is C14H21NO3. The van der Waals surface area contributed by atoms with Crippen molar-refractivity contribution in [2.45, 2.75) is 19.9 Å². The molecule has 0 fully saturated rings. The van der Waals surface area contributed by atoms with E-state index in [0.29, 0.717) is 13.2 Å². The van der Waals surface area contributed by atoms with Crippen molar-refractivity contribution in [3.8, 4) is 0 Å². The number of esters is 1. The minimum atomic E-state index is -0.440. The van der Waals surface area contributed by atoms with Gasteiger partial charge >= 0.3 is 5.97 Å². The number of aryl methyl sites for hydroxylation is 2. The second-order valence-electron chi connectivity index (χ2n) is 4.26. The summed E-state index contributed by atoms with van der Waals surface area (Å²) in [7, 11) is 3.03. The molecule has 1 aromatic rings. The van der Waals surface area contributed by atoms with Crippen molar-refractivity contribution in [3.63, 3.8) is 0 Å². The molecule has 0 radical (unpaired) electrons. The predicted molar refractivity (Wildman–Crippen MR) is 70.6 cm³/mol. The molecule has 1 unspecified atom stereocenters. The van der Waals surface area contributed by atoms with E-state index in [4.69, 9.17) is 9.47 Å². The first-order chi connectivity index (χ1) is 8.60. The Morgan fingerprint density at radius 2 is 2.06 bits per heavy atom. The Bertz CT molecular complexity index is 404. The van der Waals surface area contributed by atoms with Crippen LogP contribution < -0.4 is 5.32 Å². The van der Waals surface area contributed by atoms with Crippen LogP contribution in [0.2, 0.25) is 0 Å². The Kier molecular flexibility index (Phi) is 5.82. The first-order valence-corrected chi connectivity index (χ1v) is 5.97. The quantitative estimate of drug-likeness (QED) is 0.618. The average molecular weight is 251 g/mol. The number of rotatable bonds is 6. The molecule has 0 amide bonds. The van der Waals surface area contributed by atoms with E-state index in [9.17, 15) is 4.79 Å². The summed E-state index contributed by atoms with van der Waals surface area (Å²) in [5, 5.41) is 3.16. The van der Waals surface area contributed by atoms with Crippen molar-refractivity contribution in [1.82, 2.24) is 5.32 Å². The van der Waals surface area contributed by atoms with Crippen molar-refractivity contribution in [2.24, 2.45) is 0 Å². The number of carbonyl (C=O) groups excluding carboxylic acids is 1. The molecule has 4 nitrogen and oxygen atoms in total. The molecule has 1 atom stereocenters. The minimum absolute atomic E-state index is 0.278. The third-order valence-corrected chi connectivity index (χ3v) is 2.84. The Morgan fingerprint density at radius 3 is 2.67 bits per heavy atom. The highest BCUT2D eigenvalue weighted by molar-refractivity contribution is 5.78. The molecule has 0 heterocycles. The zero-order valence-corrected chi connectivity index (χ0v) is 11.4. The maximum atomic E-state index is 11.8. The van der Waals surface area contributed by atoms with Crippen LogP contribution in [0.1, 0.15) is 22.7 Å². The molecule has 1 aromatic carbocycles. The molecule has 0 aliphatic rings. The van der Waals surface area contributed by atoms with Crippen LogP contribution in [-0.4, -0.2) is 33.3 Å². The van der Waals surface area contributed by atoms with Crippen molar-refractivity contribution in [3.05, 3.63) is 34.9 Å². The molecule has 100 valence electrons. The third kappa shape index (κ3) is 3.82. The van der Waals surface area contributed by atoms with Gasteiger partial charge in [0.05, 0.1) is 13.7 Å². The Balaban J connectivity index is 2.93. The van der Waals surface area contributed by atoms with Gasteiger partial charge in [-0.25, -0.2) is 4.79 Å². The van der Waals surface area contributed by atoms with Crippen LogP contribution in [0.25, 0.3) is 0 Å². The number of carbonyl (C=O) groups is 1. The number of hydrogen-bond acceptors (Lipinski definition) is 4. The lowest BCUT2D eigenvalue weighted by Crippen LogP contribution is -2.32. The van der Waals surface area contributed by atoms with E-state index in [1.54, 1.807) is 7.11 Å². The zero-order valence-electron chi connectivity index (χ0n) is 11.4. The van der Waals surface area contributed by atoms with Crippen LogP contribution in [0.3, 0.4) is 0 Å². The molecule has 0 aromatic heterocycles. The largest absolute Gasteiger partial charge is 0.468 e. The highest BCUT2D eigenvalue weighted by atomic mass is 16.5. The molecule has 0 saturated heterocycles. The normalized spacial score (nSPS) is 12.2. The van der Waals surface area contributed by atoms with Gasteiger partial charge in [-0.15, -0.1) is 0 Å². The van der Waals surface area contributed by atoms with Crippen molar-refractivity contribution in [1.29, 1.82) is 0 Å². The maximum Gasteiger partial charge on any atom is 0.327 e. The van der Waals surface area contributed by atoms with Gasteiger partial charge < -0.3 is 9.47 Å². The summed E-state index contributed by atoms with van der Waals surface area (Å²) in [4.78, 5) is 11.8. The van der Waals surface area contributed by atoms with Gasteiger partial charge in [-0.1, -0.05) is 23.8 Å². The smallest absolute Gasteiger partial charge is 0.327 e. The average Bonchev–Trinajstić information content (AvgIpc) is 2.37. The van der Waals surface area contributed by atoms with Gasteiger partial charge in [0.1, 0.15) is 6.04 Å². The van der Waals surface area contributed by atoms with Crippen molar-refractivity contribution in [2.75, 3.05) is 27.4 Å². The van der Waals surface area contributed by atoms with Crippen LogP contribution in [0, 0.1) is 13.8 Å². The number of benzene rings is 1. The summed E-state index contributed by atoms with van der Waals surface area (Å²) in [6.07, 6.45) is 0. The van der Waals surface area contributed by atoms with Gasteiger partial charge in [0, 0.05) is 13.7 Å². The topological polar surface area (TPSA) is 47.6 Å². The third-order valence-electron chi connectivity index (χ3n) is 2.84. The Hall–Kier alpha value is -1.39. The molecule has 0 aliphatic carbocycles. The van der Waals surface area contributed by atoms with E-state index in [1.165, 1.54) is 7.11 Å². The zero-order chi connectivity index (χ0) is 13.5. The summed E-state index contributed by atoms with van der Waals surface area (Å²) in [6, 6.07) is 5.61. The molecule has 1 N–H and O–H groups in total. The van der Waals surface area contributed by atoms with Crippen LogP contribution in [0.15, 0.2) is 18.2 Å². The molecule has 0 spiro atoms. The van der Waals surface area contributed by atoms with E-state index in [2.05, 4.69) is 5.32 Å². The summed E-state index contributed by atoms with van der Waals surface area (Å²) < 4.78 is 9.83. The van der Waals surface area contributed by atoms with E-state index >= 15 is 0 Å². The molecule has 0 bridgehead atoms. The summed E-state index contributed by atoms with van der Waals surface area (Å²) >= 11 is 0. The second kappa shape index (κ2) is 7.13.